The summed E-state index contributed by atoms with van der Waals surface area (Å²) in [6.07, 6.45) is 4.68. The summed E-state index contributed by atoms with van der Waals surface area (Å²) in [4.78, 5) is 23.4. The topological polar surface area (TPSA) is 108 Å². The van der Waals surface area contributed by atoms with E-state index in [1.807, 2.05) is 0 Å². The molecule has 7 nitrogen and oxygen atoms in total. The first-order valence-corrected chi connectivity index (χ1v) is 7.22. The molecule has 3 N–H and O–H groups in total. The molecule has 0 unspecified atom stereocenters. The minimum Gasteiger partial charge on any atom is -0.481 e. The Morgan fingerprint density at radius 1 is 1.41 bits per heavy atom. The summed E-state index contributed by atoms with van der Waals surface area (Å²) in [6.45, 7) is 0. The van der Waals surface area contributed by atoms with E-state index in [1.54, 1.807) is 18.2 Å². The van der Waals surface area contributed by atoms with Gasteiger partial charge < -0.3 is 14.8 Å². The van der Waals surface area contributed by atoms with Crippen LogP contribution in [-0.2, 0) is 4.79 Å². The smallest absolute Gasteiger partial charge is 0.305 e. The molecule has 116 valence electrons. The minimum atomic E-state index is -0.902. The van der Waals surface area contributed by atoms with E-state index in [0.29, 0.717) is 24.3 Å². The van der Waals surface area contributed by atoms with Crippen LogP contribution in [0.1, 0.15) is 42.6 Å². The molecular formula is C15H17N3O4. The molecule has 1 saturated carbocycles. The number of aliphatic carboxylic acids is 1. The van der Waals surface area contributed by atoms with Gasteiger partial charge in [0.05, 0.1) is 18.2 Å². The van der Waals surface area contributed by atoms with Crippen molar-refractivity contribution in [1.82, 2.24) is 15.5 Å². The van der Waals surface area contributed by atoms with Gasteiger partial charge >= 0.3 is 5.97 Å². The number of hydrogen-bond donors (Lipinski definition) is 3. The molecule has 1 fully saturated rings. The van der Waals surface area contributed by atoms with Crippen LogP contribution in [0.5, 0.6) is 0 Å². The maximum atomic E-state index is 12.4. The molecule has 0 atom stereocenters. The summed E-state index contributed by atoms with van der Waals surface area (Å²) in [6, 6.07) is 5.10. The molecule has 0 saturated heterocycles. The average Bonchev–Trinajstić information content (AvgIpc) is 3.19. The van der Waals surface area contributed by atoms with Gasteiger partial charge in [-0.3, -0.25) is 14.7 Å². The second-order valence-electron chi connectivity index (χ2n) is 5.66. The lowest BCUT2D eigenvalue weighted by Gasteiger charge is -2.28. The van der Waals surface area contributed by atoms with E-state index in [2.05, 4.69) is 15.5 Å². The van der Waals surface area contributed by atoms with Crippen molar-refractivity contribution in [2.24, 2.45) is 0 Å². The second-order valence-corrected chi connectivity index (χ2v) is 5.66. The fourth-order valence-electron chi connectivity index (χ4n) is 2.99. The Bertz CT molecular complexity index is 669. The molecule has 2 aromatic heterocycles. The van der Waals surface area contributed by atoms with Crippen LogP contribution < -0.4 is 5.32 Å². The van der Waals surface area contributed by atoms with Gasteiger partial charge in [-0.2, -0.15) is 5.10 Å². The first-order chi connectivity index (χ1) is 10.6. The molecule has 2 aromatic rings. The molecule has 1 aliphatic carbocycles. The van der Waals surface area contributed by atoms with Crippen molar-refractivity contribution >= 4 is 11.9 Å². The molecule has 0 bridgehead atoms. The Morgan fingerprint density at radius 2 is 2.18 bits per heavy atom. The predicted octanol–water partition coefficient (Wildman–Crippen LogP) is 2.19. The van der Waals surface area contributed by atoms with Crippen LogP contribution in [0, 0.1) is 0 Å². The van der Waals surface area contributed by atoms with Crippen molar-refractivity contribution in [1.29, 1.82) is 0 Å². The maximum absolute atomic E-state index is 12.4. The van der Waals surface area contributed by atoms with Crippen LogP contribution in [0.2, 0.25) is 0 Å². The monoisotopic (exact) mass is 303 g/mol. The Labute approximate surface area is 126 Å². The van der Waals surface area contributed by atoms with E-state index in [-0.39, 0.29) is 18.0 Å². The third kappa shape index (κ3) is 2.88. The first kappa shape index (κ1) is 14.4. The lowest BCUT2D eigenvalue weighted by Crippen LogP contribution is -2.47. The number of carboxylic acids is 1. The van der Waals surface area contributed by atoms with Crippen molar-refractivity contribution in [3.8, 4) is 11.5 Å². The minimum absolute atomic E-state index is 0.0613. The van der Waals surface area contributed by atoms with E-state index in [0.717, 1.165) is 12.8 Å². The van der Waals surface area contributed by atoms with Gasteiger partial charge in [-0.25, -0.2) is 0 Å². The molecular weight excluding hydrogens is 286 g/mol. The summed E-state index contributed by atoms with van der Waals surface area (Å²) < 4.78 is 5.24. The number of H-pyrrole nitrogens is 1. The molecule has 0 radical (unpaired) electrons. The average molecular weight is 303 g/mol. The number of furan rings is 1. The normalized spacial score (nSPS) is 16.5. The summed E-state index contributed by atoms with van der Waals surface area (Å²) >= 11 is 0. The van der Waals surface area contributed by atoms with E-state index in [9.17, 15) is 9.59 Å². The second kappa shape index (κ2) is 5.67. The Hall–Kier alpha value is -2.57. The van der Waals surface area contributed by atoms with Crippen LogP contribution in [0.3, 0.4) is 0 Å². The predicted molar refractivity (Wildman–Crippen MR) is 77.2 cm³/mol. The highest BCUT2D eigenvalue weighted by Gasteiger charge is 2.38. The molecule has 1 amide bonds. The van der Waals surface area contributed by atoms with Crippen molar-refractivity contribution in [2.45, 2.75) is 37.6 Å². The van der Waals surface area contributed by atoms with Crippen LogP contribution >= 0.6 is 0 Å². The molecule has 0 aromatic carbocycles. The van der Waals surface area contributed by atoms with E-state index >= 15 is 0 Å². The summed E-state index contributed by atoms with van der Waals surface area (Å²) in [5.74, 6) is -0.676. The third-order valence-corrected chi connectivity index (χ3v) is 4.03. The van der Waals surface area contributed by atoms with E-state index in [4.69, 9.17) is 9.52 Å². The van der Waals surface area contributed by atoms with Crippen molar-refractivity contribution in [3.63, 3.8) is 0 Å². The molecule has 7 heteroatoms. The SMILES string of the molecule is O=C(O)CC1(NC(=O)c2cc(-c3ccco3)[nH]n2)CCCC1. The van der Waals surface area contributed by atoms with Gasteiger partial charge in [-0.1, -0.05) is 12.8 Å². The molecule has 3 rings (SSSR count). The van der Waals surface area contributed by atoms with E-state index < -0.39 is 11.5 Å². The molecule has 1 aliphatic rings. The number of amides is 1. The Balaban J connectivity index is 1.75. The van der Waals surface area contributed by atoms with Crippen molar-refractivity contribution < 1.29 is 19.1 Å². The van der Waals surface area contributed by atoms with Gasteiger partial charge in [-0.15, -0.1) is 0 Å². The fourth-order valence-corrected chi connectivity index (χ4v) is 2.99. The third-order valence-electron chi connectivity index (χ3n) is 4.03. The number of aromatic amines is 1. The summed E-state index contributed by atoms with van der Waals surface area (Å²) in [7, 11) is 0. The summed E-state index contributed by atoms with van der Waals surface area (Å²) in [5, 5.41) is 18.7. The molecule has 0 aliphatic heterocycles. The van der Waals surface area contributed by atoms with Crippen LogP contribution in [0.4, 0.5) is 0 Å². The highest BCUT2D eigenvalue weighted by atomic mass is 16.4. The Kier molecular flexibility index (Phi) is 3.70. The quantitative estimate of drug-likeness (QED) is 0.784. The molecule has 22 heavy (non-hydrogen) atoms. The zero-order valence-electron chi connectivity index (χ0n) is 12.0. The maximum Gasteiger partial charge on any atom is 0.305 e. The standard InChI is InChI=1S/C15H17N3O4/c19-13(20)9-15(5-1-2-6-15)16-14(21)11-8-10(17-18-11)12-4-3-7-22-12/h3-4,7-8H,1-2,5-6,9H2,(H,16,21)(H,17,18)(H,19,20). The number of nitrogens with zero attached hydrogens (tertiary/aromatic N) is 1. The number of rotatable bonds is 5. The highest BCUT2D eigenvalue weighted by molar-refractivity contribution is 5.94. The van der Waals surface area contributed by atoms with Crippen LogP contribution in [0.25, 0.3) is 11.5 Å². The number of aromatic nitrogens is 2. The van der Waals surface area contributed by atoms with Gasteiger partial charge in [0, 0.05) is 6.07 Å². The number of hydrogen-bond acceptors (Lipinski definition) is 4. The van der Waals surface area contributed by atoms with Crippen LogP contribution in [-0.4, -0.2) is 32.7 Å². The molecule has 0 spiro atoms. The van der Waals surface area contributed by atoms with E-state index in [1.165, 1.54) is 6.26 Å². The largest absolute Gasteiger partial charge is 0.481 e. The van der Waals surface area contributed by atoms with Crippen LogP contribution in [0.15, 0.2) is 28.9 Å². The first-order valence-electron chi connectivity index (χ1n) is 7.22. The highest BCUT2D eigenvalue weighted by Crippen LogP contribution is 2.33. The van der Waals surface area contributed by atoms with Crippen molar-refractivity contribution in [3.05, 3.63) is 30.2 Å². The van der Waals surface area contributed by atoms with Gasteiger partial charge in [-0.05, 0) is 25.0 Å². The number of nitrogens with one attached hydrogen (secondary N) is 2. The van der Waals surface area contributed by atoms with Gasteiger partial charge in [0.2, 0.25) is 0 Å². The van der Waals surface area contributed by atoms with Gasteiger partial charge in [0.25, 0.3) is 5.91 Å². The number of carboxylic acid groups (broad SMARTS) is 1. The Morgan fingerprint density at radius 3 is 2.82 bits per heavy atom. The number of carbonyl (C=O) groups excluding carboxylic acids is 1. The van der Waals surface area contributed by atoms with Gasteiger partial charge in [0.15, 0.2) is 11.5 Å². The van der Waals surface area contributed by atoms with Gasteiger partial charge in [0.1, 0.15) is 5.69 Å². The fraction of sp³-hybridized carbons (Fsp3) is 0.400. The lowest BCUT2D eigenvalue weighted by atomic mass is 9.93. The zero-order chi connectivity index (χ0) is 15.6. The lowest BCUT2D eigenvalue weighted by molar-refractivity contribution is -0.138. The van der Waals surface area contributed by atoms with Crippen molar-refractivity contribution in [2.75, 3.05) is 0 Å². The molecule has 2 heterocycles. The number of carbonyl (C=O) groups is 2. The summed E-state index contributed by atoms with van der Waals surface area (Å²) in [5.41, 5.74) is 0.170. The zero-order valence-corrected chi connectivity index (χ0v) is 12.0.